The summed E-state index contributed by atoms with van der Waals surface area (Å²) in [6, 6.07) is 0. The second kappa shape index (κ2) is 29.2. The normalized spacial score (nSPS) is 14.8. The van der Waals surface area contributed by atoms with Crippen LogP contribution in [0.4, 0.5) is 0 Å². The standard InChI is InChI=1S/C23H48O7.C5H12O/c1-7-22(29-15-13-26-11-10-24-8-2)19-23(30-14-12-25-9-3)18-21(6)28-17-16-27-20(4)5;1-4-5(2)6-3/h20-23H,7-19H2,1-6H3;5H,4H2,1-3H3. The van der Waals surface area contributed by atoms with E-state index in [1.807, 2.05) is 27.7 Å². The third-order valence-corrected chi connectivity index (χ3v) is 5.43. The lowest BCUT2D eigenvalue weighted by molar-refractivity contribution is -0.0715. The molecule has 36 heavy (non-hydrogen) atoms. The Morgan fingerprint density at radius 1 is 0.472 bits per heavy atom. The molecule has 0 fully saturated rings. The average molecular weight is 525 g/mol. The van der Waals surface area contributed by atoms with Gasteiger partial charge in [0, 0.05) is 20.3 Å². The van der Waals surface area contributed by atoms with E-state index in [1.165, 1.54) is 0 Å². The maximum Gasteiger partial charge on any atom is 0.0704 e. The molecule has 0 saturated heterocycles. The van der Waals surface area contributed by atoms with Gasteiger partial charge in [0.1, 0.15) is 0 Å². The van der Waals surface area contributed by atoms with E-state index >= 15 is 0 Å². The Balaban J connectivity index is 0. The van der Waals surface area contributed by atoms with Gasteiger partial charge in [-0.25, -0.2) is 0 Å². The number of hydrogen-bond acceptors (Lipinski definition) is 8. The molecule has 8 heteroatoms. The van der Waals surface area contributed by atoms with E-state index in [4.69, 9.17) is 37.9 Å². The quantitative estimate of drug-likeness (QED) is 0.149. The molecule has 0 N–H and O–H groups in total. The summed E-state index contributed by atoms with van der Waals surface area (Å²) in [6.45, 7) is 22.6. The highest BCUT2D eigenvalue weighted by Crippen LogP contribution is 2.16. The summed E-state index contributed by atoms with van der Waals surface area (Å²) in [5, 5.41) is 0. The number of rotatable bonds is 25. The molecule has 0 saturated carbocycles. The molecular formula is C28H60O8. The second-order valence-corrected chi connectivity index (χ2v) is 8.93. The highest BCUT2D eigenvalue weighted by atomic mass is 16.6. The van der Waals surface area contributed by atoms with Gasteiger partial charge in [0.2, 0.25) is 0 Å². The maximum absolute atomic E-state index is 6.10. The van der Waals surface area contributed by atoms with Crippen LogP contribution in [0.5, 0.6) is 0 Å². The summed E-state index contributed by atoms with van der Waals surface area (Å²) in [4.78, 5) is 0. The number of hydrogen-bond donors (Lipinski definition) is 0. The molecule has 0 aliphatic heterocycles. The topological polar surface area (TPSA) is 73.8 Å². The van der Waals surface area contributed by atoms with Crippen molar-refractivity contribution in [3.63, 3.8) is 0 Å². The summed E-state index contributed by atoms with van der Waals surface area (Å²) in [5.41, 5.74) is 0. The molecule has 0 aromatic carbocycles. The Labute approximate surface area is 223 Å². The van der Waals surface area contributed by atoms with Crippen molar-refractivity contribution in [2.75, 3.05) is 73.2 Å². The van der Waals surface area contributed by atoms with Gasteiger partial charge in [-0.2, -0.15) is 0 Å². The van der Waals surface area contributed by atoms with Crippen molar-refractivity contribution in [2.24, 2.45) is 0 Å². The molecule has 4 atom stereocenters. The van der Waals surface area contributed by atoms with Gasteiger partial charge in [0.05, 0.1) is 83.4 Å². The zero-order valence-electron chi connectivity index (χ0n) is 25.1. The molecule has 8 nitrogen and oxygen atoms in total. The predicted molar refractivity (Wildman–Crippen MR) is 146 cm³/mol. The van der Waals surface area contributed by atoms with E-state index in [2.05, 4.69) is 27.7 Å². The Morgan fingerprint density at radius 2 is 0.972 bits per heavy atom. The van der Waals surface area contributed by atoms with Crippen LogP contribution in [0.1, 0.15) is 81.1 Å². The molecule has 0 spiro atoms. The number of methoxy groups -OCH3 is 1. The third kappa shape index (κ3) is 28.3. The van der Waals surface area contributed by atoms with Crippen molar-refractivity contribution in [2.45, 2.75) is 112 Å². The van der Waals surface area contributed by atoms with Crippen molar-refractivity contribution >= 4 is 0 Å². The summed E-state index contributed by atoms with van der Waals surface area (Å²) in [7, 11) is 1.73. The molecule has 0 aliphatic rings. The predicted octanol–water partition coefficient (Wildman–Crippen LogP) is 5.30. The van der Waals surface area contributed by atoms with Crippen LogP contribution in [0.25, 0.3) is 0 Å². The van der Waals surface area contributed by atoms with E-state index in [0.29, 0.717) is 65.6 Å². The third-order valence-electron chi connectivity index (χ3n) is 5.43. The van der Waals surface area contributed by atoms with Gasteiger partial charge in [-0.1, -0.05) is 13.8 Å². The molecule has 0 rings (SSSR count). The molecule has 0 heterocycles. The summed E-state index contributed by atoms with van der Waals surface area (Å²) in [6.07, 6.45) is 4.64. The highest BCUT2D eigenvalue weighted by Gasteiger charge is 2.20. The van der Waals surface area contributed by atoms with Crippen LogP contribution in [0.2, 0.25) is 0 Å². The zero-order valence-corrected chi connectivity index (χ0v) is 25.1. The van der Waals surface area contributed by atoms with Gasteiger partial charge >= 0.3 is 0 Å². The molecule has 0 aromatic heterocycles. The monoisotopic (exact) mass is 524 g/mol. The van der Waals surface area contributed by atoms with Gasteiger partial charge in [-0.15, -0.1) is 0 Å². The smallest absolute Gasteiger partial charge is 0.0704 e. The van der Waals surface area contributed by atoms with Gasteiger partial charge in [-0.05, 0) is 67.2 Å². The van der Waals surface area contributed by atoms with E-state index in [-0.39, 0.29) is 24.4 Å². The second-order valence-electron chi connectivity index (χ2n) is 8.93. The van der Waals surface area contributed by atoms with Crippen molar-refractivity contribution < 1.29 is 37.9 Å². The number of ether oxygens (including phenoxy) is 8. The lowest BCUT2D eigenvalue weighted by atomic mass is 10.0. The van der Waals surface area contributed by atoms with Crippen molar-refractivity contribution in [3.05, 3.63) is 0 Å². The molecule has 0 aliphatic carbocycles. The van der Waals surface area contributed by atoms with Crippen molar-refractivity contribution in [3.8, 4) is 0 Å². The Kier molecular flexibility index (Phi) is 30.7. The van der Waals surface area contributed by atoms with Gasteiger partial charge in [-0.3, -0.25) is 0 Å². The fourth-order valence-corrected chi connectivity index (χ4v) is 3.07. The Morgan fingerprint density at radius 3 is 1.47 bits per heavy atom. The van der Waals surface area contributed by atoms with Gasteiger partial charge in [0.15, 0.2) is 0 Å². The SMILES string of the molecule is CCC(C)OC.CCOCCOCCOC(CC)CC(CC(C)OCCOC(C)C)OCCOCC. The van der Waals surface area contributed by atoms with Crippen LogP contribution < -0.4 is 0 Å². The lowest BCUT2D eigenvalue weighted by Crippen LogP contribution is -2.29. The first-order valence-electron chi connectivity index (χ1n) is 14.1. The minimum Gasteiger partial charge on any atom is -0.382 e. The van der Waals surface area contributed by atoms with Gasteiger partial charge < -0.3 is 37.9 Å². The first-order chi connectivity index (χ1) is 17.3. The summed E-state index contributed by atoms with van der Waals surface area (Å²) < 4.78 is 44.7. The Bertz CT molecular complexity index is 407. The van der Waals surface area contributed by atoms with Crippen LogP contribution in [-0.4, -0.2) is 104 Å². The fourth-order valence-electron chi connectivity index (χ4n) is 3.07. The summed E-state index contributed by atoms with van der Waals surface area (Å²) in [5.74, 6) is 0. The maximum atomic E-state index is 6.10. The van der Waals surface area contributed by atoms with Crippen LogP contribution in [0, 0.1) is 0 Å². The minimum absolute atomic E-state index is 0.0651. The molecule has 4 unspecified atom stereocenters. The van der Waals surface area contributed by atoms with Crippen LogP contribution in [-0.2, 0) is 37.9 Å². The average Bonchev–Trinajstić information content (AvgIpc) is 2.87. The fraction of sp³-hybridized carbons (Fsp3) is 1.00. The Hall–Kier alpha value is -0.320. The lowest BCUT2D eigenvalue weighted by Gasteiger charge is -2.26. The first-order valence-corrected chi connectivity index (χ1v) is 14.1. The van der Waals surface area contributed by atoms with Crippen LogP contribution >= 0.6 is 0 Å². The highest BCUT2D eigenvalue weighted by molar-refractivity contribution is 4.69. The van der Waals surface area contributed by atoms with Gasteiger partial charge in [0.25, 0.3) is 0 Å². The molecular weight excluding hydrogens is 464 g/mol. The van der Waals surface area contributed by atoms with E-state index in [1.54, 1.807) is 7.11 Å². The van der Waals surface area contributed by atoms with E-state index < -0.39 is 0 Å². The minimum atomic E-state index is 0.0651. The van der Waals surface area contributed by atoms with E-state index in [9.17, 15) is 0 Å². The van der Waals surface area contributed by atoms with Crippen molar-refractivity contribution in [1.82, 2.24) is 0 Å². The van der Waals surface area contributed by atoms with Crippen LogP contribution in [0.3, 0.4) is 0 Å². The van der Waals surface area contributed by atoms with Crippen LogP contribution in [0.15, 0.2) is 0 Å². The largest absolute Gasteiger partial charge is 0.382 e. The molecule has 0 radical (unpaired) electrons. The zero-order chi connectivity index (χ0) is 27.4. The molecule has 0 amide bonds. The van der Waals surface area contributed by atoms with E-state index in [0.717, 1.165) is 32.3 Å². The molecule has 0 bridgehead atoms. The van der Waals surface area contributed by atoms with Crippen molar-refractivity contribution in [1.29, 1.82) is 0 Å². The summed E-state index contributed by atoms with van der Waals surface area (Å²) >= 11 is 0. The first kappa shape index (κ1) is 37.8. The molecule has 220 valence electrons. The molecule has 0 aromatic rings.